The minimum absolute atomic E-state index is 0.775. The molecule has 0 amide bonds. The van der Waals surface area contributed by atoms with E-state index in [4.69, 9.17) is 0 Å². The van der Waals surface area contributed by atoms with Gasteiger partial charge in [-0.05, 0) is 120 Å². The molecule has 1 saturated heterocycles. The summed E-state index contributed by atoms with van der Waals surface area (Å²) in [5.74, 6) is 3.35. The summed E-state index contributed by atoms with van der Waals surface area (Å²) in [6, 6.07) is 0. The molecule has 21 heavy (non-hydrogen) atoms. The second kappa shape index (κ2) is 6.20. The lowest BCUT2D eigenvalue weighted by Crippen LogP contribution is -2.47. The van der Waals surface area contributed by atoms with Crippen LogP contribution in [0.4, 0.5) is 0 Å². The molecule has 2 heteroatoms. The molecule has 0 radical (unpaired) electrons. The highest BCUT2D eigenvalue weighted by atomic mass is 15.1. The van der Waals surface area contributed by atoms with Crippen molar-refractivity contribution >= 4 is 0 Å². The third-order valence-corrected chi connectivity index (χ3v) is 7.02. The molecular formula is C19H34N2. The number of likely N-dealkylation sites (tertiary alicyclic amines) is 1. The van der Waals surface area contributed by atoms with Crippen molar-refractivity contribution in [2.24, 2.45) is 23.2 Å². The summed E-state index contributed by atoms with van der Waals surface area (Å²) in [5.41, 5.74) is 0.775. The van der Waals surface area contributed by atoms with Gasteiger partial charge in [-0.3, -0.25) is 0 Å². The minimum Gasteiger partial charge on any atom is -0.317 e. The lowest BCUT2D eigenvalue weighted by Gasteiger charge is -2.57. The Kier molecular flexibility index (Phi) is 4.28. The fourth-order valence-electron chi connectivity index (χ4n) is 6.51. The Morgan fingerprint density at radius 3 is 2.10 bits per heavy atom. The first-order chi connectivity index (χ1) is 10.3. The van der Waals surface area contributed by atoms with E-state index in [9.17, 15) is 0 Å². The lowest BCUT2D eigenvalue weighted by atomic mass is 9.49. The highest BCUT2D eigenvalue weighted by Gasteiger charge is 2.50. The van der Waals surface area contributed by atoms with E-state index in [1.807, 2.05) is 0 Å². The normalized spacial score (nSPS) is 42.0. The zero-order valence-corrected chi connectivity index (χ0v) is 13.8. The molecule has 5 rings (SSSR count). The molecule has 0 aromatic carbocycles. The first kappa shape index (κ1) is 14.5. The Morgan fingerprint density at radius 1 is 0.857 bits per heavy atom. The van der Waals surface area contributed by atoms with Crippen LogP contribution in [0.5, 0.6) is 0 Å². The summed E-state index contributed by atoms with van der Waals surface area (Å²) in [4.78, 5) is 2.64. The zero-order chi connectivity index (χ0) is 14.1. The molecule has 0 aromatic rings. The van der Waals surface area contributed by atoms with Crippen LogP contribution in [0.3, 0.4) is 0 Å². The van der Waals surface area contributed by atoms with Crippen molar-refractivity contribution in [3.05, 3.63) is 0 Å². The molecule has 4 bridgehead atoms. The van der Waals surface area contributed by atoms with Crippen molar-refractivity contribution in [3.63, 3.8) is 0 Å². The van der Waals surface area contributed by atoms with Crippen LogP contribution in [0, 0.1) is 23.2 Å². The molecule has 0 spiro atoms. The topological polar surface area (TPSA) is 15.3 Å². The van der Waals surface area contributed by atoms with E-state index in [1.54, 1.807) is 38.5 Å². The quantitative estimate of drug-likeness (QED) is 0.720. The number of nitrogens with one attached hydrogen (secondary N) is 1. The summed E-state index contributed by atoms with van der Waals surface area (Å²) in [7, 11) is 0. The van der Waals surface area contributed by atoms with E-state index >= 15 is 0 Å². The molecule has 1 N–H and O–H groups in total. The largest absolute Gasteiger partial charge is 0.317 e. The van der Waals surface area contributed by atoms with Gasteiger partial charge in [-0.25, -0.2) is 0 Å². The standard InChI is InChI=1S/C19H34N2/c1-2-8-21(7-1)9-3-5-20-6-4-19-13-16-10-17(14-19)12-18(11-16)15-19/h16-18,20H,1-15H2. The Hall–Kier alpha value is -0.0800. The molecule has 4 aliphatic carbocycles. The average molecular weight is 290 g/mol. The Morgan fingerprint density at radius 2 is 1.48 bits per heavy atom. The summed E-state index contributed by atoms with van der Waals surface area (Å²) in [6.45, 7) is 6.56. The second-order valence-corrected chi connectivity index (χ2v) is 8.82. The van der Waals surface area contributed by atoms with E-state index in [0.717, 1.165) is 23.2 Å². The van der Waals surface area contributed by atoms with Crippen LogP contribution in [0.2, 0.25) is 0 Å². The fraction of sp³-hybridized carbons (Fsp3) is 1.00. The number of hydrogen-bond acceptors (Lipinski definition) is 2. The maximum atomic E-state index is 3.76. The third-order valence-electron chi connectivity index (χ3n) is 7.02. The third kappa shape index (κ3) is 3.32. The van der Waals surface area contributed by atoms with Crippen molar-refractivity contribution in [3.8, 4) is 0 Å². The monoisotopic (exact) mass is 290 g/mol. The molecule has 120 valence electrons. The van der Waals surface area contributed by atoms with Crippen LogP contribution < -0.4 is 5.32 Å². The lowest BCUT2D eigenvalue weighted by molar-refractivity contribution is -0.0567. The maximum Gasteiger partial charge on any atom is -0.000664 e. The van der Waals surface area contributed by atoms with Crippen LogP contribution in [-0.4, -0.2) is 37.6 Å². The Bertz CT molecular complexity index is 310. The van der Waals surface area contributed by atoms with Crippen molar-refractivity contribution in [1.82, 2.24) is 10.2 Å². The molecule has 5 aliphatic rings. The van der Waals surface area contributed by atoms with Gasteiger partial charge in [-0.2, -0.15) is 0 Å². The van der Waals surface area contributed by atoms with Crippen LogP contribution in [0.1, 0.15) is 64.2 Å². The molecular weight excluding hydrogens is 256 g/mol. The fourth-order valence-corrected chi connectivity index (χ4v) is 6.51. The molecule has 4 saturated carbocycles. The minimum atomic E-state index is 0.775. The second-order valence-electron chi connectivity index (χ2n) is 8.82. The average Bonchev–Trinajstić information content (AvgIpc) is 2.94. The first-order valence-corrected chi connectivity index (χ1v) is 9.74. The predicted octanol–water partition coefficient (Wildman–Crippen LogP) is 3.67. The highest BCUT2D eigenvalue weighted by molar-refractivity contribution is 5.01. The van der Waals surface area contributed by atoms with E-state index in [2.05, 4.69) is 10.2 Å². The van der Waals surface area contributed by atoms with Crippen molar-refractivity contribution in [1.29, 1.82) is 0 Å². The molecule has 1 aliphatic heterocycles. The summed E-state index contributed by atoms with van der Waals surface area (Å²) < 4.78 is 0. The molecule has 2 nitrogen and oxygen atoms in total. The summed E-state index contributed by atoms with van der Waals surface area (Å²) in [5, 5.41) is 3.76. The number of nitrogens with zero attached hydrogens (tertiary/aromatic N) is 1. The van der Waals surface area contributed by atoms with Gasteiger partial charge in [0.05, 0.1) is 0 Å². The van der Waals surface area contributed by atoms with Crippen LogP contribution in [0.25, 0.3) is 0 Å². The Balaban J connectivity index is 1.14. The van der Waals surface area contributed by atoms with Crippen molar-refractivity contribution in [2.45, 2.75) is 64.2 Å². The van der Waals surface area contributed by atoms with Gasteiger partial charge in [-0.1, -0.05) is 0 Å². The van der Waals surface area contributed by atoms with Gasteiger partial charge < -0.3 is 10.2 Å². The van der Waals surface area contributed by atoms with E-state index in [1.165, 1.54) is 58.4 Å². The molecule has 0 unspecified atom stereocenters. The molecule has 5 fully saturated rings. The van der Waals surface area contributed by atoms with E-state index < -0.39 is 0 Å². The summed E-state index contributed by atoms with van der Waals surface area (Å²) >= 11 is 0. The smallest absolute Gasteiger partial charge is 0.000664 e. The van der Waals surface area contributed by atoms with Gasteiger partial charge in [0, 0.05) is 0 Å². The Labute approximate surface area is 131 Å². The van der Waals surface area contributed by atoms with Crippen LogP contribution in [0.15, 0.2) is 0 Å². The van der Waals surface area contributed by atoms with Crippen molar-refractivity contribution in [2.75, 3.05) is 32.7 Å². The van der Waals surface area contributed by atoms with Gasteiger partial charge in [-0.15, -0.1) is 0 Å². The molecule has 0 aromatic heterocycles. The summed E-state index contributed by atoms with van der Waals surface area (Å²) in [6.07, 6.45) is 15.2. The highest BCUT2D eigenvalue weighted by Crippen LogP contribution is 2.61. The SMILES string of the molecule is C1CCN(CCCNCCC23CC4CC(CC(C4)C2)C3)C1. The van der Waals surface area contributed by atoms with Gasteiger partial charge in [0.25, 0.3) is 0 Å². The van der Waals surface area contributed by atoms with Crippen LogP contribution in [-0.2, 0) is 0 Å². The maximum absolute atomic E-state index is 3.76. The van der Waals surface area contributed by atoms with E-state index in [0.29, 0.717) is 0 Å². The van der Waals surface area contributed by atoms with E-state index in [-0.39, 0.29) is 0 Å². The van der Waals surface area contributed by atoms with Crippen LogP contribution >= 0.6 is 0 Å². The molecule has 1 heterocycles. The van der Waals surface area contributed by atoms with Gasteiger partial charge >= 0.3 is 0 Å². The van der Waals surface area contributed by atoms with Gasteiger partial charge in [0.2, 0.25) is 0 Å². The number of rotatable bonds is 7. The number of hydrogen-bond donors (Lipinski definition) is 1. The van der Waals surface area contributed by atoms with Crippen molar-refractivity contribution < 1.29 is 0 Å². The van der Waals surface area contributed by atoms with Gasteiger partial charge in [0.15, 0.2) is 0 Å². The van der Waals surface area contributed by atoms with Gasteiger partial charge in [0.1, 0.15) is 0 Å². The zero-order valence-electron chi connectivity index (χ0n) is 13.8. The predicted molar refractivity (Wildman–Crippen MR) is 88.4 cm³/mol. The first-order valence-electron chi connectivity index (χ1n) is 9.74. The molecule has 0 atom stereocenters.